The van der Waals surface area contributed by atoms with Crippen LogP contribution in [0.4, 0.5) is 0 Å². The van der Waals surface area contributed by atoms with Gasteiger partial charge in [-0.05, 0) is 57.8 Å². The normalized spacial score (nSPS) is 12.3. The van der Waals surface area contributed by atoms with E-state index in [4.69, 9.17) is 14.2 Å². The Labute approximate surface area is 315 Å². The molecule has 0 radical (unpaired) electrons. The molecule has 0 heterocycles. The van der Waals surface area contributed by atoms with Crippen LogP contribution in [0, 0.1) is 0 Å². The predicted octanol–water partition coefficient (Wildman–Crippen LogP) is 13.4. The van der Waals surface area contributed by atoms with Crippen LogP contribution in [0.1, 0.15) is 213 Å². The Morgan fingerprint density at radius 2 is 0.725 bits per heavy atom. The Morgan fingerprint density at radius 3 is 1.20 bits per heavy atom. The van der Waals surface area contributed by atoms with Crippen LogP contribution in [0.15, 0.2) is 36.5 Å². The maximum atomic E-state index is 12.6. The molecule has 296 valence electrons. The molecule has 0 bridgehead atoms. The number of unbranched alkanes of at least 4 members (excludes halogenated alkanes) is 22. The lowest BCUT2D eigenvalue weighted by Crippen LogP contribution is -2.30. The first-order valence-electron chi connectivity index (χ1n) is 21.5. The molecule has 0 aromatic carbocycles. The van der Waals surface area contributed by atoms with E-state index in [-0.39, 0.29) is 31.1 Å². The van der Waals surface area contributed by atoms with Crippen molar-refractivity contribution in [2.24, 2.45) is 0 Å². The lowest BCUT2D eigenvalue weighted by atomic mass is 10.0. The minimum atomic E-state index is -0.783. The first-order chi connectivity index (χ1) is 25.0. The molecular weight excluding hydrogens is 636 g/mol. The highest BCUT2D eigenvalue weighted by Crippen LogP contribution is 2.14. The van der Waals surface area contributed by atoms with Crippen LogP contribution in [0.25, 0.3) is 0 Å². The van der Waals surface area contributed by atoms with Crippen molar-refractivity contribution in [2.45, 2.75) is 219 Å². The van der Waals surface area contributed by atoms with E-state index in [1.807, 2.05) is 0 Å². The first-order valence-corrected chi connectivity index (χ1v) is 21.5. The Balaban J connectivity index is 4.41. The van der Waals surface area contributed by atoms with Gasteiger partial charge in [0, 0.05) is 19.3 Å². The molecule has 0 aliphatic rings. The van der Waals surface area contributed by atoms with Gasteiger partial charge in [-0.3, -0.25) is 14.4 Å². The van der Waals surface area contributed by atoms with Crippen molar-refractivity contribution < 1.29 is 28.6 Å². The van der Waals surface area contributed by atoms with Gasteiger partial charge in [-0.15, -0.1) is 0 Å². The third-order valence-corrected chi connectivity index (χ3v) is 9.15. The minimum Gasteiger partial charge on any atom is -0.462 e. The van der Waals surface area contributed by atoms with Crippen LogP contribution >= 0.6 is 0 Å². The van der Waals surface area contributed by atoms with Crippen molar-refractivity contribution in [3.63, 3.8) is 0 Å². The molecular formula is C45H80O6. The van der Waals surface area contributed by atoms with Gasteiger partial charge in [0.25, 0.3) is 0 Å². The average Bonchev–Trinajstić information content (AvgIpc) is 3.12. The summed E-state index contributed by atoms with van der Waals surface area (Å²) in [6.45, 7) is 6.49. The average molecular weight is 717 g/mol. The molecule has 6 nitrogen and oxygen atoms in total. The molecule has 0 saturated heterocycles. The van der Waals surface area contributed by atoms with Gasteiger partial charge in [-0.25, -0.2) is 0 Å². The summed E-state index contributed by atoms with van der Waals surface area (Å²) in [6.07, 6.45) is 44.1. The van der Waals surface area contributed by atoms with E-state index in [0.717, 1.165) is 89.9 Å². The lowest BCUT2D eigenvalue weighted by molar-refractivity contribution is -0.167. The number of carbonyl (C=O) groups excluding carboxylic acids is 3. The predicted molar refractivity (Wildman–Crippen MR) is 215 cm³/mol. The smallest absolute Gasteiger partial charge is 0.306 e. The topological polar surface area (TPSA) is 78.9 Å². The van der Waals surface area contributed by atoms with Crippen molar-refractivity contribution in [3.05, 3.63) is 36.5 Å². The quantitative estimate of drug-likeness (QED) is 0.0208. The van der Waals surface area contributed by atoms with E-state index in [0.29, 0.717) is 19.3 Å². The fourth-order valence-electron chi connectivity index (χ4n) is 5.81. The van der Waals surface area contributed by atoms with E-state index in [2.05, 4.69) is 57.2 Å². The summed E-state index contributed by atoms with van der Waals surface area (Å²) in [6, 6.07) is 0. The van der Waals surface area contributed by atoms with Crippen LogP contribution in [0.5, 0.6) is 0 Å². The summed E-state index contributed by atoms with van der Waals surface area (Å²) >= 11 is 0. The van der Waals surface area contributed by atoms with Crippen molar-refractivity contribution in [2.75, 3.05) is 13.2 Å². The molecule has 0 amide bonds. The van der Waals surface area contributed by atoms with E-state index >= 15 is 0 Å². The molecule has 51 heavy (non-hydrogen) atoms. The molecule has 0 rings (SSSR count). The maximum Gasteiger partial charge on any atom is 0.306 e. The second-order valence-corrected chi connectivity index (χ2v) is 14.3. The minimum absolute atomic E-state index is 0.0849. The van der Waals surface area contributed by atoms with Crippen molar-refractivity contribution in [1.29, 1.82) is 0 Å². The first kappa shape index (κ1) is 48.6. The molecule has 6 heteroatoms. The largest absolute Gasteiger partial charge is 0.462 e. The van der Waals surface area contributed by atoms with Crippen LogP contribution < -0.4 is 0 Å². The Bertz CT molecular complexity index is 876. The summed E-state index contributed by atoms with van der Waals surface area (Å²) in [5, 5.41) is 0. The monoisotopic (exact) mass is 717 g/mol. The number of ether oxygens (including phenoxy) is 3. The van der Waals surface area contributed by atoms with E-state index < -0.39 is 6.10 Å². The summed E-state index contributed by atoms with van der Waals surface area (Å²) in [5.41, 5.74) is 0. The van der Waals surface area contributed by atoms with E-state index in [1.54, 1.807) is 0 Å². The van der Waals surface area contributed by atoms with E-state index in [9.17, 15) is 14.4 Å². The van der Waals surface area contributed by atoms with Gasteiger partial charge in [0.05, 0.1) is 0 Å². The fourth-order valence-corrected chi connectivity index (χ4v) is 5.81. The highest BCUT2D eigenvalue weighted by atomic mass is 16.6. The summed E-state index contributed by atoms with van der Waals surface area (Å²) in [4.78, 5) is 37.5. The van der Waals surface area contributed by atoms with Gasteiger partial charge in [-0.2, -0.15) is 0 Å². The highest BCUT2D eigenvalue weighted by molar-refractivity contribution is 5.71. The fraction of sp³-hybridized carbons (Fsp3) is 0.800. The SMILES string of the molecule is CCCC/C=C\C=C/CCCCCC(=O)OC(COC(=O)CCCCCC/C=C\CCCC)COC(=O)CCCCCCCCCCCCCC. The van der Waals surface area contributed by atoms with Crippen LogP contribution in [0.2, 0.25) is 0 Å². The molecule has 0 aliphatic heterocycles. The number of allylic oxidation sites excluding steroid dienone is 6. The zero-order valence-corrected chi connectivity index (χ0v) is 33.6. The van der Waals surface area contributed by atoms with Crippen LogP contribution in [-0.4, -0.2) is 37.2 Å². The molecule has 0 fully saturated rings. The molecule has 0 aromatic heterocycles. The zero-order chi connectivity index (χ0) is 37.3. The zero-order valence-electron chi connectivity index (χ0n) is 33.6. The molecule has 0 N–H and O–H groups in total. The molecule has 0 aromatic rings. The van der Waals surface area contributed by atoms with Gasteiger partial charge in [-0.1, -0.05) is 173 Å². The van der Waals surface area contributed by atoms with Crippen LogP contribution in [-0.2, 0) is 28.6 Å². The third kappa shape index (κ3) is 38.7. The highest BCUT2D eigenvalue weighted by Gasteiger charge is 2.19. The second kappa shape index (κ2) is 40.4. The molecule has 0 spiro atoms. The summed E-state index contributed by atoms with van der Waals surface area (Å²) < 4.78 is 16.6. The number of rotatable bonds is 38. The van der Waals surface area contributed by atoms with Crippen LogP contribution in [0.3, 0.4) is 0 Å². The van der Waals surface area contributed by atoms with E-state index in [1.165, 1.54) is 83.5 Å². The number of hydrogen-bond donors (Lipinski definition) is 0. The van der Waals surface area contributed by atoms with Gasteiger partial charge in [0.2, 0.25) is 0 Å². The van der Waals surface area contributed by atoms with Gasteiger partial charge in [0.15, 0.2) is 6.10 Å². The third-order valence-electron chi connectivity index (χ3n) is 9.15. The van der Waals surface area contributed by atoms with Crippen molar-refractivity contribution in [1.82, 2.24) is 0 Å². The van der Waals surface area contributed by atoms with Gasteiger partial charge >= 0.3 is 17.9 Å². The van der Waals surface area contributed by atoms with Gasteiger partial charge in [0.1, 0.15) is 13.2 Å². The Hall–Kier alpha value is -2.37. The Kier molecular flexibility index (Phi) is 38.5. The standard InChI is InChI=1S/C45H80O6/c1-4-7-10-13-16-19-22-24-26-29-32-35-38-44(47)50-41-42(40-49-43(46)37-34-31-28-25-21-18-15-12-9-6-3)51-45(48)39-36-33-30-27-23-20-17-14-11-8-5-2/h14-15,17-18,20,23,42H,4-13,16,19,21-22,24-41H2,1-3H3/b17-14-,18-15-,23-20-. The summed E-state index contributed by atoms with van der Waals surface area (Å²) in [7, 11) is 0. The molecule has 1 unspecified atom stereocenters. The number of hydrogen-bond acceptors (Lipinski definition) is 6. The molecule has 0 aliphatic carbocycles. The Morgan fingerprint density at radius 1 is 0.392 bits per heavy atom. The van der Waals surface area contributed by atoms with Crippen molar-refractivity contribution in [3.8, 4) is 0 Å². The number of carbonyl (C=O) groups is 3. The van der Waals surface area contributed by atoms with Gasteiger partial charge < -0.3 is 14.2 Å². The van der Waals surface area contributed by atoms with Crippen molar-refractivity contribution >= 4 is 17.9 Å². The maximum absolute atomic E-state index is 12.6. The second-order valence-electron chi connectivity index (χ2n) is 14.3. The number of esters is 3. The lowest BCUT2D eigenvalue weighted by Gasteiger charge is -2.18. The molecule has 1 atom stereocenters. The summed E-state index contributed by atoms with van der Waals surface area (Å²) in [5.74, 6) is -0.930. The molecule has 0 saturated carbocycles.